The van der Waals surface area contributed by atoms with Gasteiger partial charge in [0.05, 0.1) is 7.11 Å². The van der Waals surface area contributed by atoms with E-state index >= 15 is 0 Å². The highest BCUT2D eigenvalue weighted by atomic mass is 16.5. The Labute approximate surface area is 91.6 Å². The quantitative estimate of drug-likeness (QED) is 0.801. The summed E-state index contributed by atoms with van der Waals surface area (Å²) in [6, 6.07) is 8.49. The van der Waals surface area contributed by atoms with Gasteiger partial charge in [-0.05, 0) is 43.0 Å². The number of methoxy groups -OCH3 is 1. The minimum atomic E-state index is 0.679. The average Bonchev–Trinajstić information content (AvgIpc) is 2.58. The highest BCUT2D eigenvalue weighted by molar-refractivity contribution is 5.29. The third-order valence-corrected chi connectivity index (χ3v) is 3.13. The fourth-order valence-corrected chi connectivity index (χ4v) is 2.18. The molecule has 82 valence electrons. The first kappa shape index (κ1) is 10.5. The van der Waals surface area contributed by atoms with Gasteiger partial charge in [-0.15, -0.1) is 0 Å². The summed E-state index contributed by atoms with van der Waals surface area (Å²) < 4.78 is 5.17. The highest BCUT2D eigenvalue weighted by Crippen LogP contribution is 2.24. The van der Waals surface area contributed by atoms with E-state index in [0.29, 0.717) is 5.92 Å². The summed E-state index contributed by atoms with van der Waals surface area (Å²) in [5.41, 5.74) is 1.44. The number of nitrogens with one attached hydrogen (secondary N) is 1. The standard InChI is InChI=1S/C13H19NO/c1-15-13-7-5-11(6-8-13)12-4-2-3-9-14-10-12/h5-8,12,14H,2-4,9-10H2,1H3/t12-/m1/s1. The van der Waals surface area contributed by atoms with Crippen LogP contribution in [0.5, 0.6) is 5.75 Å². The lowest BCUT2D eigenvalue weighted by atomic mass is 9.94. The molecule has 1 N–H and O–H groups in total. The number of benzene rings is 1. The van der Waals surface area contributed by atoms with Gasteiger partial charge < -0.3 is 10.1 Å². The molecule has 0 radical (unpaired) electrons. The number of ether oxygens (including phenoxy) is 1. The molecular formula is C13H19NO. The Hall–Kier alpha value is -1.02. The van der Waals surface area contributed by atoms with Crippen LogP contribution in [0, 0.1) is 0 Å². The van der Waals surface area contributed by atoms with Crippen molar-refractivity contribution in [2.45, 2.75) is 25.2 Å². The van der Waals surface area contributed by atoms with Gasteiger partial charge in [0.2, 0.25) is 0 Å². The molecule has 1 fully saturated rings. The topological polar surface area (TPSA) is 21.3 Å². The second-order valence-electron chi connectivity index (χ2n) is 4.17. The lowest BCUT2D eigenvalue weighted by Gasteiger charge is -2.14. The fraction of sp³-hybridized carbons (Fsp3) is 0.538. The zero-order chi connectivity index (χ0) is 10.5. The van der Waals surface area contributed by atoms with Crippen molar-refractivity contribution in [2.24, 2.45) is 0 Å². The zero-order valence-corrected chi connectivity index (χ0v) is 9.33. The maximum absolute atomic E-state index is 5.17. The molecule has 0 bridgehead atoms. The number of hydrogen-bond acceptors (Lipinski definition) is 2. The van der Waals surface area contributed by atoms with Gasteiger partial charge in [-0.2, -0.15) is 0 Å². The van der Waals surface area contributed by atoms with Crippen molar-refractivity contribution in [3.8, 4) is 5.75 Å². The summed E-state index contributed by atoms with van der Waals surface area (Å²) in [4.78, 5) is 0. The first-order valence-corrected chi connectivity index (χ1v) is 5.75. The Morgan fingerprint density at radius 2 is 2.00 bits per heavy atom. The minimum absolute atomic E-state index is 0.679. The smallest absolute Gasteiger partial charge is 0.118 e. The van der Waals surface area contributed by atoms with Gasteiger partial charge in [0.25, 0.3) is 0 Å². The normalized spacial score (nSPS) is 22.1. The molecule has 0 aliphatic carbocycles. The molecule has 0 aromatic heterocycles. The van der Waals surface area contributed by atoms with Crippen molar-refractivity contribution in [1.82, 2.24) is 5.32 Å². The monoisotopic (exact) mass is 205 g/mol. The van der Waals surface area contributed by atoms with Crippen LogP contribution < -0.4 is 10.1 Å². The van der Waals surface area contributed by atoms with Crippen LogP contribution in [0.3, 0.4) is 0 Å². The molecule has 2 heteroatoms. The van der Waals surface area contributed by atoms with Crippen molar-refractivity contribution < 1.29 is 4.74 Å². The Balaban J connectivity index is 2.06. The second kappa shape index (κ2) is 5.17. The Morgan fingerprint density at radius 3 is 2.73 bits per heavy atom. The van der Waals surface area contributed by atoms with Crippen molar-refractivity contribution in [3.05, 3.63) is 29.8 Å². The fourth-order valence-electron chi connectivity index (χ4n) is 2.18. The summed E-state index contributed by atoms with van der Waals surface area (Å²) in [5, 5.41) is 3.49. The van der Waals surface area contributed by atoms with E-state index < -0.39 is 0 Å². The van der Waals surface area contributed by atoms with Gasteiger partial charge in [0, 0.05) is 6.54 Å². The summed E-state index contributed by atoms with van der Waals surface area (Å²) in [6.45, 7) is 2.29. The molecule has 1 aliphatic rings. The number of hydrogen-bond donors (Lipinski definition) is 1. The van der Waals surface area contributed by atoms with E-state index in [4.69, 9.17) is 4.74 Å². The van der Waals surface area contributed by atoms with E-state index in [2.05, 4.69) is 29.6 Å². The SMILES string of the molecule is COc1ccc([C@@H]2CCCCNC2)cc1. The zero-order valence-electron chi connectivity index (χ0n) is 9.33. The van der Waals surface area contributed by atoms with Crippen LogP contribution in [-0.2, 0) is 0 Å². The van der Waals surface area contributed by atoms with Gasteiger partial charge in [0.15, 0.2) is 0 Å². The van der Waals surface area contributed by atoms with Gasteiger partial charge in [-0.1, -0.05) is 18.6 Å². The summed E-state index contributed by atoms with van der Waals surface area (Å²) in [5.74, 6) is 1.62. The summed E-state index contributed by atoms with van der Waals surface area (Å²) in [7, 11) is 1.71. The van der Waals surface area contributed by atoms with Crippen LogP contribution >= 0.6 is 0 Å². The molecule has 1 saturated heterocycles. The molecule has 15 heavy (non-hydrogen) atoms. The third-order valence-electron chi connectivity index (χ3n) is 3.13. The second-order valence-corrected chi connectivity index (χ2v) is 4.17. The molecule has 1 aromatic carbocycles. The lowest BCUT2D eigenvalue weighted by Crippen LogP contribution is -2.19. The van der Waals surface area contributed by atoms with Crippen LogP contribution in [0.4, 0.5) is 0 Å². The highest BCUT2D eigenvalue weighted by Gasteiger charge is 2.13. The van der Waals surface area contributed by atoms with E-state index in [0.717, 1.165) is 12.3 Å². The van der Waals surface area contributed by atoms with E-state index in [1.807, 2.05) is 0 Å². The molecule has 0 unspecified atom stereocenters. The van der Waals surface area contributed by atoms with Crippen LogP contribution in [0.15, 0.2) is 24.3 Å². The molecule has 0 saturated carbocycles. The summed E-state index contributed by atoms with van der Waals surface area (Å²) in [6.07, 6.45) is 3.95. The maximum atomic E-state index is 5.17. The van der Waals surface area contributed by atoms with E-state index in [9.17, 15) is 0 Å². The Morgan fingerprint density at radius 1 is 1.20 bits per heavy atom. The third kappa shape index (κ3) is 2.72. The van der Waals surface area contributed by atoms with Gasteiger partial charge in [-0.25, -0.2) is 0 Å². The predicted molar refractivity (Wildman–Crippen MR) is 62.5 cm³/mol. The van der Waals surface area contributed by atoms with Gasteiger partial charge >= 0.3 is 0 Å². The van der Waals surface area contributed by atoms with E-state index in [1.54, 1.807) is 7.11 Å². The van der Waals surface area contributed by atoms with E-state index in [-0.39, 0.29) is 0 Å². The van der Waals surface area contributed by atoms with Crippen molar-refractivity contribution in [2.75, 3.05) is 20.2 Å². The van der Waals surface area contributed by atoms with Gasteiger partial charge in [0.1, 0.15) is 5.75 Å². The van der Waals surface area contributed by atoms with Gasteiger partial charge in [-0.3, -0.25) is 0 Å². The van der Waals surface area contributed by atoms with Crippen LogP contribution in [0.25, 0.3) is 0 Å². The van der Waals surface area contributed by atoms with Crippen LogP contribution in [-0.4, -0.2) is 20.2 Å². The van der Waals surface area contributed by atoms with Crippen LogP contribution in [0.1, 0.15) is 30.7 Å². The molecule has 1 atom stereocenters. The van der Waals surface area contributed by atoms with Crippen molar-refractivity contribution in [1.29, 1.82) is 0 Å². The molecule has 1 heterocycles. The van der Waals surface area contributed by atoms with Crippen molar-refractivity contribution in [3.63, 3.8) is 0 Å². The minimum Gasteiger partial charge on any atom is -0.497 e. The average molecular weight is 205 g/mol. The largest absolute Gasteiger partial charge is 0.497 e. The first-order valence-electron chi connectivity index (χ1n) is 5.75. The lowest BCUT2D eigenvalue weighted by molar-refractivity contribution is 0.414. The molecule has 1 aliphatic heterocycles. The van der Waals surface area contributed by atoms with E-state index in [1.165, 1.54) is 31.4 Å². The van der Waals surface area contributed by atoms with Crippen LogP contribution in [0.2, 0.25) is 0 Å². The maximum Gasteiger partial charge on any atom is 0.118 e. The molecular weight excluding hydrogens is 186 g/mol. The molecule has 0 spiro atoms. The Kier molecular flexibility index (Phi) is 3.62. The molecule has 2 nitrogen and oxygen atoms in total. The number of rotatable bonds is 2. The Bertz CT molecular complexity index is 286. The predicted octanol–water partition coefficient (Wildman–Crippen LogP) is 2.55. The van der Waals surface area contributed by atoms with Crippen molar-refractivity contribution >= 4 is 0 Å². The summed E-state index contributed by atoms with van der Waals surface area (Å²) >= 11 is 0. The molecule has 2 rings (SSSR count). The molecule has 0 amide bonds. The first-order chi connectivity index (χ1) is 7.40. The molecule has 1 aromatic rings.